The first-order valence-electron chi connectivity index (χ1n) is 7.29. The van der Waals surface area contributed by atoms with E-state index < -0.39 is 11.9 Å². The molecule has 0 bridgehead atoms. The summed E-state index contributed by atoms with van der Waals surface area (Å²) in [4.78, 5) is 24.9. The maximum atomic E-state index is 12.2. The van der Waals surface area contributed by atoms with Crippen molar-refractivity contribution in [1.29, 1.82) is 0 Å². The van der Waals surface area contributed by atoms with Crippen molar-refractivity contribution in [3.05, 3.63) is 35.9 Å². The summed E-state index contributed by atoms with van der Waals surface area (Å²) in [6.07, 6.45) is 0.762. The zero-order chi connectivity index (χ0) is 15.4. The Morgan fingerprint density at radius 3 is 2.57 bits per heavy atom. The third kappa shape index (κ3) is 3.97. The average Bonchev–Trinajstić information content (AvgIpc) is 2.82. The number of carbonyl (C=O) groups excluding carboxylic acids is 1. The van der Waals surface area contributed by atoms with Gasteiger partial charge in [0.15, 0.2) is 0 Å². The number of nitrogens with zero attached hydrogens (tertiary/aromatic N) is 1. The van der Waals surface area contributed by atoms with Crippen LogP contribution in [0.3, 0.4) is 0 Å². The molecule has 2 amide bonds. The van der Waals surface area contributed by atoms with Crippen LogP contribution in [0.2, 0.25) is 0 Å². The lowest BCUT2D eigenvalue weighted by Gasteiger charge is -2.21. The van der Waals surface area contributed by atoms with Crippen LogP contribution in [0.1, 0.15) is 19.4 Å². The van der Waals surface area contributed by atoms with Crippen molar-refractivity contribution in [2.24, 2.45) is 11.8 Å². The highest BCUT2D eigenvalue weighted by atomic mass is 16.4. The third-order valence-corrected chi connectivity index (χ3v) is 3.97. The van der Waals surface area contributed by atoms with Crippen LogP contribution >= 0.6 is 0 Å². The van der Waals surface area contributed by atoms with Crippen molar-refractivity contribution < 1.29 is 14.7 Å². The summed E-state index contributed by atoms with van der Waals surface area (Å²) in [6.45, 7) is 4.62. The van der Waals surface area contributed by atoms with E-state index in [0.29, 0.717) is 13.1 Å². The molecular formula is C16H22N2O3. The molecule has 0 aromatic heterocycles. The Kier molecular flexibility index (Phi) is 4.83. The van der Waals surface area contributed by atoms with E-state index in [-0.39, 0.29) is 18.0 Å². The molecule has 5 nitrogen and oxygen atoms in total. The molecule has 1 aliphatic rings. The normalized spacial score (nSPS) is 22.9. The number of nitrogens with one attached hydrogen (secondary N) is 1. The Morgan fingerprint density at radius 1 is 1.33 bits per heavy atom. The van der Waals surface area contributed by atoms with Gasteiger partial charge in [0.05, 0.1) is 5.92 Å². The highest BCUT2D eigenvalue weighted by molar-refractivity contribution is 5.77. The molecule has 5 heteroatoms. The van der Waals surface area contributed by atoms with Gasteiger partial charge in [-0.25, -0.2) is 4.79 Å². The van der Waals surface area contributed by atoms with Crippen LogP contribution in [-0.4, -0.2) is 41.1 Å². The van der Waals surface area contributed by atoms with Crippen molar-refractivity contribution in [1.82, 2.24) is 10.2 Å². The highest BCUT2D eigenvalue weighted by Gasteiger charge is 2.37. The molecule has 1 saturated heterocycles. The molecule has 0 aliphatic carbocycles. The molecule has 21 heavy (non-hydrogen) atoms. The summed E-state index contributed by atoms with van der Waals surface area (Å²) < 4.78 is 0. The molecule has 1 aromatic carbocycles. The fourth-order valence-electron chi connectivity index (χ4n) is 2.77. The number of carboxylic acid groups (broad SMARTS) is 1. The van der Waals surface area contributed by atoms with Crippen LogP contribution < -0.4 is 5.32 Å². The van der Waals surface area contributed by atoms with Crippen molar-refractivity contribution >= 4 is 12.0 Å². The smallest absolute Gasteiger partial charge is 0.317 e. The van der Waals surface area contributed by atoms with Gasteiger partial charge >= 0.3 is 12.0 Å². The number of rotatable bonds is 4. The van der Waals surface area contributed by atoms with Crippen LogP contribution in [0.4, 0.5) is 4.79 Å². The van der Waals surface area contributed by atoms with E-state index in [4.69, 9.17) is 5.11 Å². The maximum absolute atomic E-state index is 12.2. The van der Waals surface area contributed by atoms with Gasteiger partial charge in [0.2, 0.25) is 0 Å². The van der Waals surface area contributed by atoms with Crippen molar-refractivity contribution in [2.75, 3.05) is 13.1 Å². The van der Waals surface area contributed by atoms with Gasteiger partial charge in [-0.1, -0.05) is 37.3 Å². The number of benzene rings is 1. The number of carboxylic acids is 1. The maximum Gasteiger partial charge on any atom is 0.317 e. The van der Waals surface area contributed by atoms with E-state index in [2.05, 4.69) is 5.32 Å². The van der Waals surface area contributed by atoms with Gasteiger partial charge in [0.1, 0.15) is 0 Å². The number of hydrogen-bond donors (Lipinski definition) is 2. The molecule has 3 atom stereocenters. The monoisotopic (exact) mass is 290 g/mol. The lowest BCUT2D eigenvalue weighted by atomic mass is 9.99. The number of carbonyl (C=O) groups is 2. The van der Waals surface area contributed by atoms with Gasteiger partial charge in [-0.05, 0) is 24.8 Å². The molecule has 1 heterocycles. The van der Waals surface area contributed by atoms with Crippen molar-refractivity contribution in [3.63, 3.8) is 0 Å². The van der Waals surface area contributed by atoms with Crippen LogP contribution in [0.15, 0.2) is 30.3 Å². The molecule has 1 fully saturated rings. The number of hydrogen-bond acceptors (Lipinski definition) is 2. The summed E-state index contributed by atoms with van der Waals surface area (Å²) in [6, 6.07) is 9.81. The molecule has 1 aromatic rings. The summed E-state index contributed by atoms with van der Waals surface area (Å²) in [5.41, 5.74) is 1.17. The second-order valence-corrected chi connectivity index (χ2v) is 5.87. The first-order valence-corrected chi connectivity index (χ1v) is 7.29. The van der Waals surface area contributed by atoms with Gasteiger partial charge in [0, 0.05) is 19.1 Å². The largest absolute Gasteiger partial charge is 0.481 e. The number of aliphatic carboxylic acids is 1. The molecule has 0 radical (unpaired) electrons. The van der Waals surface area contributed by atoms with Gasteiger partial charge in [0.25, 0.3) is 0 Å². The van der Waals surface area contributed by atoms with Gasteiger partial charge in [-0.2, -0.15) is 0 Å². The lowest BCUT2D eigenvalue weighted by Crippen LogP contribution is -2.43. The highest BCUT2D eigenvalue weighted by Crippen LogP contribution is 2.23. The lowest BCUT2D eigenvalue weighted by molar-refractivity contribution is -0.142. The first-order chi connectivity index (χ1) is 9.97. The third-order valence-electron chi connectivity index (χ3n) is 3.97. The Balaban J connectivity index is 1.86. The minimum Gasteiger partial charge on any atom is -0.481 e. The number of amides is 2. The quantitative estimate of drug-likeness (QED) is 0.891. The Hall–Kier alpha value is -2.04. The molecule has 0 saturated carbocycles. The van der Waals surface area contributed by atoms with Crippen LogP contribution in [0.25, 0.3) is 0 Å². The Morgan fingerprint density at radius 2 is 2.00 bits per heavy atom. The SMILES string of the molecule is CC(Cc1ccccc1)NC(=O)N1C[C@@H](C)[C@H](C(=O)O)C1. The molecule has 1 aliphatic heterocycles. The van der Waals surface area contributed by atoms with Gasteiger partial charge in [-0.3, -0.25) is 4.79 Å². The zero-order valence-corrected chi connectivity index (χ0v) is 12.5. The Labute approximate surface area is 125 Å². The molecule has 114 valence electrons. The predicted octanol–water partition coefficient (Wildman–Crippen LogP) is 1.98. The topological polar surface area (TPSA) is 69.6 Å². The molecular weight excluding hydrogens is 268 g/mol. The fourth-order valence-corrected chi connectivity index (χ4v) is 2.77. The second-order valence-electron chi connectivity index (χ2n) is 5.87. The summed E-state index contributed by atoms with van der Waals surface area (Å²) in [5.74, 6) is -1.28. The minimum atomic E-state index is -0.824. The number of likely N-dealkylation sites (tertiary alicyclic amines) is 1. The molecule has 1 unspecified atom stereocenters. The molecule has 0 spiro atoms. The van der Waals surface area contributed by atoms with E-state index in [9.17, 15) is 9.59 Å². The van der Waals surface area contributed by atoms with Gasteiger partial charge < -0.3 is 15.3 Å². The van der Waals surface area contributed by atoms with E-state index in [0.717, 1.165) is 6.42 Å². The number of urea groups is 1. The average molecular weight is 290 g/mol. The summed E-state index contributed by atoms with van der Waals surface area (Å²) in [7, 11) is 0. The van der Waals surface area contributed by atoms with E-state index in [1.165, 1.54) is 5.56 Å². The van der Waals surface area contributed by atoms with E-state index in [1.807, 2.05) is 44.2 Å². The van der Waals surface area contributed by atoms with Crippen molar-refractivity contribution in [2.45, 2.75) is 26.3 Å². The fraction of sp³-hybridized carbons (Fsp3) is 0.500. The van der Waals surface area contributed by atoms with E-state index >= 15 is 0 Å². The minimum absolute atomic E-state index is 0.00215. The van der Waals surface area contributed by atoms with E-state index in [1.54, 1.807) is 4.90 Å². The first kappa shape index (κ1) is 15.4. The Bertz CT molecular complexity index is 504. The zero-order valence-electron chi connectivity index (χ0n) is 12.5. The van der Waals surface area contributed by atoms with Crippen LogP contribution in [0.5, 0.6) is 0 Å². The molecule has 2 N–H and O–H groups in total. The van der Waals surface area contributed by atoms with Crippen LogP contribution in [-0.2, 0) is 11.2 Å². The van der Waals surface area contributed by atoms with Crippen molar-refractivity contribution in [3.8, 4) is 0 Å². The predicted molar refractivity (Wildman–Crippen MR) is 80.0 cm³/mol. The second kappa shape index (κ2) is 6.61. The standard InChI is InChI=1S/C16H22N2O3/c1-11-9-18(10-14(11)15(19)20)16(21)17-12(2)8-13-6-4-3-5-7-13/h3-7,11-12,14H,8-10H2,1-2H3,(H,17,21)(H,19,20)/t11-,12?,14-/m1/s1. The van der Waals surface area contributed by atoms with Crippen LogP contribution in [0, 0.1) is 11.8 Å². The molecule has 2 rings (SSSR count). The summed E-state index contributed by atoms with van der Waals surface area (Å²) >= 11 is 0. The summed E-state index contributed by atoms with van der Waals surface area (Å²) in [5, 5.41) is 12.0. The van der Waals surface area contributed by atoms with Gasteiger partial charge in [-0.15, -0.1) is 0 Å².